The number of carbonyl (C=O) groups is 6. The molecule has 14 nitrogen and oxygen atoms in total. The smallest absolute Gasteiger partial charge is 1.00 e. The number of Topliss-reactive ketones (excluding diaryl/α,β-unsaturated/α-hetero) is 2. The van der Waals surface area contributed by atoms with Crippen LogP contribution in [0.15, 0.2) is 47.0 Å². The summed E-state index contributed by atoms with van der Waals surface area (Å²) in [6.45, 7) is 5.62. The van der Waals surface area contributed by atoms with Gasteiger partial charge in [0.15, 0.2) is 23.1 Å². The number of ketones is 4. The standard InChI is InChI=1S/C46H58O14.2Na.2H/c1-41-19-31(51)39-27(29(41)11-13-45(41,57)33(53)21-47)7-5-23-15-25(49)17-35(43(23,39)3)59-37(55)9-10-38(56)60-36-18-26(50)16-24-6-8-28-30-12-14-46(58,34(54)22-48)42(30,2)20-32(52)40(28)44(24,36)4;;;;/h15-18,27-32,39-40,47-48,51-52,57-58H,5-14,19-22H2,1-4H3;;;;/q;2*+1;2*-1/t27-,28-,29-,30-,31-,32-,39+,40+,41-,42-,43+,44+,45-,46-;;;;/m0..../s1. The van der Waals surface area contributed by atoms with E-state index in [0.717, 1.165) is 0 Å². The molecule has 6 fully saturated rings. The molecule has 16 heteroatoms. The van der Waals surface area contributed by atoms with E-state index >= 15 is 0 Å². The van der Waals surface area contributed by atoms with Crippen molar-refractivity contribution < 1.29 is 131 Å². The summed E-state index contributed by atoms with van der Waals surface area (Å²) < 4.78 is 11.9. The Labute approximate surface area is 408 Å². The zero-order valence-electron chi connectivity index (χ0n) is 38.8. The van der Waals surface area contributed by atoms with Crippen LogP contribution in [0.4, 0.5) is 0 Å². The number of hydrogen-bond donors (Lipinski definition) is 6. The van der Waals surface area contributed by atoms with Crippen molar-refractivity contribution in [2.24, 2.45) is 57.2 Å². The number of aliphatic hydroxyl groups excluding tert-OH is 4. The molecule has 0 bridgehead atoms. The molecule has 0 aliphatic heterocycles. The minimum Gasteiger partial charge on any atom is -1.00 e. The molecule has 0 amide bonds. The van der Waals surface area contributed by atoms with E-state index in [1.54, 1.807) is 13.8 Å². The molecule has 62 heavy (non-hydrogen) atoms. The molecule has 0 spiro atoms. The van der Waals surface area contributed by atoms with Gasteiger partial charge in [-0.25, -0.2) is 0 Å². The van der Waals surface area contributed by atoms with Crippen molar-refractivity contribution in [1.29, 1.82) is 0 Å². The predicted octanol–water partition coefficient (Wildman–Crippen LogP) is -3.12. The Hall–Kier alpha value is -1.66. The zero-order valence-corrected chi connectivity index (χ0v) is 40.8. The van der Waals surface area contributed by atoms with Crippen molar-refractivity contribution >= 4 is 35.1 Å². The number of ether oxygens (including phenoxy) is 2. The number of hydrogen-bond acceptors (Lipinski definition) is 14. The fourth-order valence-corrected chi connectivity index (χ4v) is 14.8. The van der Waals surface area contributed by atoms with Crippen LogP contribution < -0.4 is 59.1 Å². The SMILES string of the molecule is C[C@@]12C(=CC(=O)C=C1OC(=O)CCC(=O)OC1=CC(=O)C=C3CC[C@@H]4[C@H]([C@@H](O)C[C@@]5(C)[C@H]4CC[C@]5(O)C(=O)CO)[C@]31C)CC[C@@H]1[C@@H]2[C@@H](O)C[C@@]2(C)[C@H]1CC[C@]2(O)C(=O)CO.[H-].[H-].[Na+].[Na+]. The first-order chi connectivity index (χ1) is 28.1. The Morgan fingerprint density at radius 3 is 1.32 bits per heavy atom. The Kier molecular flexibility index (Phi) is 13.8. The van der Waals surface area contributed by atoms with E-state index in [0.29, 0.717) is 49.7 Å². The van der Waals surface area contributed by atoms with Gasteiger partial charge in [0.05, 0.1) is 35.9 Å². The fraction of sp³-hybridized carbons (Fsp3) is 0.696. The van der Waals surface area contributed by atoms with Crippen LogP contribution in [0.3, 0.4) is 0 Å². The molecule has 0 saturated heterocycles. The minimum absolute atomic E-state index is 0. The Bertz CT molecular complexity index is 1950. The minimum atomic E-state index is -1.80. The monoisotopic (exact) mass is 882 g/mol. The number of allylic oxidation sites excluding steroid dienone is 6. The molecule has 8 aliphatic rings. The maximum Gasteiger partial charge on any atom is 1.00 e. The van der Waals surface area contributed by atoms with Gasteiger partial charge in [-0.05, 0) is 114 Å². The van der Waals surface area contributed by atoms with E-state index in [4.69, 9.17) is 9.47 Å². The van der Waals surface area contributed by atoms with Crippen LogP contribution in [0.2, 0.25) is 0 Å². The summed E-state index contributed by atoms with van der Waals surface area (Å²) in [4.78, 5) is 78.9. The number of carbonyl (C=O) groups excluding carboxylic acids is 6. The predicted molar refractivity (Wildman–Crippen MR) is 212 cm³/mol. The third-order valence-electron chi connectivity index (χ3n) is 17.8. The van der Waals surface area contributed by atoms with Gasteiger partial charge in [0, 0.05) is 34.8 Å². The molecule has 0 unspecified atom stereocenters. The molecule has 0 heterocycles. The molecule has 8 rings (SSSR count). The van der Waals surface area contributed by atoms with E-state index in [9.17, 15) is 59.4 Å². The Morgan fingerprint density at radius 2 is 0.984 bits per heavy atom. The first kappa shape index (κ1) is 49.8. The van der Waals surface area contributed by atoms with E-state index < -0.39 is 106 Å². The topological polar surface area (TPSA) is 242 Å². The van der Waals surface area contributed by atoms with Gasteiger partial charge in [-0.2, -0.15) is 0 Å². The van der Waals surface area contributed by atoms with Gasteiger partial charge >= 0.3 is 71.1 Å². The molecule has 8 aliphatic carbocycles. The zero-order chi connectivity index (χ0) is 43.5. The van der Waals surface area contributed by atoms with Crippen molar-refractivity contribution in [3.8, 4) is 0 Å². The molecule has 0 aromatic heterocycles. The average Bonchev–Trinajstić information content (AvgIpc) is 3.62. The fourth-order valence-electron chi connectivity index (χ4n) is 14.8. The summed E-state index contributed by atoms with van der Waals surface area (Å²) >= 11 is 0. The van der Waals surface area contributed by atoms with Gasteiger partial charge in [-0.15, -0.1) is 0 Å². The number of fused-ring (bicyclic) bond motifs is 10. The number of rotatable bonds is 9. The molecule has 0 aromatic rings. The summed E-state index contributed by atoms with van der Waals surface area (Å²) in [5, 5.41) is 66.4. The third kappa shape index (κ3) is 7.02. The van der Waals surface area contributed by atoms with Crippen LogP contribution in [0.25, 0.3) is 0 Å². The molecule has 14 atom stereocenters. The average molecular weight is 883 g/mol. The molecular weight excluding hydrogens is 822 g/mol. The van der Waals surface area contributed by atoms with E-state index in [2.05, 4.69) is 0 Å². The summed E-state index contributed by atoms with van der Waals surface area (Å²) in [6.07, 6.45) is 5.96. The molecule has 6 saturated carbocycles. The van der Waals surface area contributed by atoms with Gasteiger partial charge in [-0.3, -0.25) is 28.8 Å². The van der Waals surface area contributed by atoms with E-state index in [1.807, 2.05) is 13.8 Å². The number of esters is 2. The molecular formula is C46H60Na2O14. The largest absolute Gasteiger partial charge is 1.00 e. The Balaban J connectivity index is 0.00000224. The molecule has 330 valence electrons. The molecule has 6 N–H and O–H groups in total. The first-order valence-electron chi connectivity index (χ1n) is 21.6. The summed E-state index contributed by atoms with van der Waals surface area (Å²) in [7, 11) is 0. The summed E-state index contributed by atoms with van der Waals surface area (Å²) in [5.41, 5.74) is -6.37. The maximum atomic E-state index is 13.6. The quantitative estimate of drug-likeness (QED) is 0.0993. The summed E-state index contributed by atoms with van der Waals surface area (Å²) in [5.74, 6) is -5.51. The second-order valence-electron chi connectivity index (χ2n) is 20.0. The normalized spacial score (nSPS) is 43.8. The van der Waals surface area contributed by atoms with Crippen molar-refractivity contribution in [1.82, 2.24) is 0 Å². The van der Waals surface area contributed by atoms with Gasteiger partial charge < -0.3 is 43.0 Å². The van der Waals surface area contributed by atoms with Gasteiger partial charge in [0.1, 0.15) is 35.9 Å². The van der Waals surface area contributed by atoms with Crippen LogP contribution in [0.5, 0.6) is 0 Å². The van der Waals surface area contributed by atoms with Crippen LogP contribution >= 0.6 is 0 Å². The van der Waals surface area contributed by atoms with Gasteiger partial charge in [-0.1, -0.05) is 25.0 Å². The van der Waals surface area contributed by atoms with Crippen molar-refractivity contribution in [3.05, 3.63) is 47.0 Å². The Morgan fingerprint density at radius 1 is 0.629 bits per heavy atom. The molecule has 0 radical (unpaired) electrons. The maximum absolute atomic E-state index is 13.6. The van der Waals surface area contributed by atoms with Crippen LogP contribution in [0, 0.1) is 57.2 Å². The van der Waals surface area contributed by atoms with E-state index in [-0.39, 0.29) is 134 Å². The second kappa shape index (κ2) is 17.2. The van der Waals surface area contributed by atoms with Crippen LogP contribution in [0.1, 0.15) is 108 Å². The van der Waals surface area contributed by atoms with Crippen molar-refractivity contribution in [3.63, 3.8) is 0 Å². The van der Waals surface area contributed by atoms with Crippen LogP contribution in [-0.4, -0.2) is 102 Å². The summed E-state index contributed by atoms with van der Waals surface area (Å²) in [6, 6.07) is 0. The van der Waals surface area contributed by atoms with Crippen LogP contribution in [-0.2, 0) is 38.2 Å². The first-order valence-corrected chi connectivity index (χ1v) is 21.6. The van der Waals surface area contributed by atoms with Crippen molar-refractivity contribution in [2.45, 2.75) is 128 Å². The van der Waals surface area contributed by atoms with Gasteiger partial charge in [0.25, 0.3) is 0 Å². The molecule has 0 aromatic carbocycles. The third-order valence-corrected chi connectivity index (χ3v) is 17.8. The van der Waals surface area contributed by atoms with Gasteiger partial charge in [0.2, 0.25) is 0 Å². The number of aliphatic hydroxyl groups is 6. The van der Waals surface area contributed by atoms with E-state index in [1.165, 1.54) is 24.3 Å². The van der Waals surface area contributed by atoms with Crippen molar-refractivity contribution in [2.75, 3.05) is 13.2 Å². The second-order valence-corrected chi connectivity index (χ2v) is 20.0.